The summed E-state index contributed by atoms with van der Waals surface area (Å²) in [7, 11) is 0. The van der Waals surface area contributed by atoms with Gasteiger partial charge in [0, 0.05) is 47.9 Å². The first-order valence-electron chi connectivity index (χ1n) is 11.4. The van der Waals surface area contributed by atoms with Crippen molar-refractivity contribution in [3.05, 3.63) is 35.5 Å². The monoisotopic (exact) mass is 441 g/mol. The highest BCUT2D eigenvalue weighted by atomic mass is 19.1. The first-order valence-corrected chi connectivity index (χ1v) is 11.4. The molecule has 0 bridgehead atoms. The third-order valence-electron chi connectivity index (χ3n) is 6.83. The second-order valence-electron chi connectivity index (χ2n) is 9.98. The number of aryl methyl sites for hydroxylation is 1. The van der Waals surface area contributed by atoms with Crippen molar-refractivity contribution in [1.29, 1.82) is 0 Å². The average molecular weight is 442 g/mol. The van der Waals surface area contributed by atoms with E-state index in [1.54, 1.807) is 12.4 Å². The van der Waals surface area contributed by atoms with Gasteiger partial charge in [-0.2, -0.15) is 0 Å². The molecule has 7 heteroatoms. The molecule has 0 spiro atoms. The number of ether oxygens (including phenoxy) is 1. The molecule has 2 aromatic heterocycles. The van der Waals surface area contributed by atoms with Crippen molar-refractivity contribution in [1.82, 2.24) is 9.97 Å². The molecule has 2 aliphatic rings. The number of carboxylic acids is 1. The molecular formula is C25H32FN3O3. The third kappa shape index (κ3) is 4.87. The molecule has 1 saturated heterocycles. The SMILES string of the molecule is Cc1ncc(-c2cnc(OC(C)C3CC3)c(F)c2)c(N2CCC(C)(C)CC2)c1CC(=O)O. The normalized spacial score (nSPS) is 19.0. The van der Waals surface area contributed by atoms with Crippen molar-refractivity contribution < 1.29 is 19.0 Å². The average Bonchev–Trinajstić information content (AvgIpc) is 3.56. The number of carbonyl (C=O) groups is 1. The summed E-state index contributed by atoms with van der Waals surface area (Å²) >= 11 is 0. The van der Waals surface area contributed by atoms with E-state index >= 15 is 0 Å². The molecule has 4 rings (SSSR count). The number of hydrogen-bond donors (Lipinski definition) is 1. The summed E-state index contributed by atoms with van der Waals surface area (Å²) in [6.07, 6.45) is 7.34. The maximum absolute atomic E-state index is 14.9. The van der Waals surface area contributed by atoms with Gasteiger partial charge in [-0.15, -0.1) is 0 Å². The molecule has 0 amide bonds. The molecule has 172 valence electrons. The molecule has 0 radical (unpaired) electrons. The Balaban J connectivity index is 1.73. The molecule has 3 heterocycles. The van der Waals surface area contributed by atoms with Crippen LogP contribution in [0.2, 0.25) is 0 Å². The van der Waals surface area contributed by atoms with E-state index in [0.717, 1.165) is 44.5 Å². The van der Waals surface area contributed by atoms with E-state index in [2.05, 4.69) is 28.7 Å². The van der Waals surface area contributed by atoms with Crippen LogP contribution in [0.25, 0.3) is 11.1 Å². The topological polar surface area (TPSA) is 75.6 Å². The van der Waals surface area contributed by atoms with Crippen molar-refractivity contribution in [3.8, 4) is 17.0 Å². The second-order valence-corrected chi connectivity index (χ2v) is 9.98. The van der Waals surface area contributed by atoms with Gasteiger partial charge >= 0.3 is 5.97 Å². The predicted molar refractivity (Wildman–Crippen MR) is 122 cm³/mol. The third-order valence-corrected chi connectivity index (χ3v) is 6.83. The van der Waals surface area contributed by atoms with Crippen LogP contribution < -0.4 is 9.64 Å². The van der Waals surface area contributed by atoms with Crippen molar-refractivity contribution in [2.75, 3.05) is 18.0 Å². The van der Waals surface area contributed by atoms with Gasteiger partial charge in [0.2, 0.25) is 0 Å². The summed E-state index contributed by atoms with van der Waals surface area (Å²) in [6, 6.07) is 1.43. The Morgan fingerprint density at radius 2 is 1.97 bits per heavy atom. The van der Waals surface area contributed by atoms with Crippen LogP contribution in [-0.4, -0.2) is 40.2 Å². The Hall–Kier alpha value is -2.70. The quantitative estimate of drug-likeness (QED) is 0.650. The Bertz CT molecular complexity index is 1010. The number of anilines is 1. The molecule has 1 N–H and O–H groups in total. The van der Waals surface area contributed by atoms with Crippen molar-refractivity contribution in [2.45, 2.75) is 65.9 Å². The Morgan fingerprint density at radius 1 is 1.28 bits per heavy atom. The van der Waals surface area contributed by atoms with Gasteiger partial charge in [0.15, 0.2) is 5.82 Å². The lowest BCUT2D eigenvalue weighted by Crippen LogP contribution is -2.38. The number of carboxylic acid groups (broad SMARTS) is 1. The predicted octanol–water partition coefficient (Wildman–Crippen LogP) is 5.02. The fourth-order valence-electron chi connectivity index (χ4n) is 4.40. The number of piperidine rings is 1. The minimum Gasteiger partial charge on any atom is -0.481 e. The van der Waals surface area contributed by atoms with Crippen LogP contribution in [0.1, 0.15) is 57.7 Å². The standard InChI is InChI=1S/C25H32FN3O3/c1-15-19(12-22(30)31)23(29-9-7-25(3,4)8-10-29)20(14-27-15)18-11-21(26)24(28-13-18)32-16(2)17-5-6-17/h11,13-14,16-17H,5-10,12H2,1-4H3,(H,30,31). The number of halogens is 1. The Morgan fingerprint density at radius 3 is 2.56 bits per heavy atom. The summed E-state index contributed by atoms with van der Waals surface area (Å²) in [4.78, 5) is 22.6. The first kappa shape index (κ1) is 22.5. The Kier molecular flexibility index (Phi) is 6.10. The molecule has 1 aliphatic heterocycles. The maximum atomic E-state index is 14.9. The highest BCUT2D eigenvalue weighted by molar-refractivity contribution is 5.84. The Labute approximate surface area is 188 Å². The van der Waals surface area contributed by atoms with E-state index in [-0.39, 0.29) is 23.8 Å². The van der Waals surface area contributed by atoms with E-state index in [1.165, 1.54) is 6.07 Å². The van der Waals surface area contributed by atoms with Gasteiger partial charge in [0.05, 0.1) is 12.1 Å². The van der Waals surface area contributed by atoms with Crippen LogP contribution in [0.15, 0.2) is 18.5 Å². The zero-order chi connectivity index (χ0) is 23.0. The number of hydrogen-bond acceptors (Lipinski definition) is 5. The van der Waals surface area contributed by atoms with Gasteiger partial charge < -0.3 is 14.7 Å². The van der Waals surface area contributed by atoms with Gasteiger partial charge in [-0.1, -0.05) is 13.8 Å². The zero-order valence-corrected chi connectivity index (χ0v) is 19.3. The van der Waals surface area contributed by atoms with E-state index in [4.69, 9.17) is 4.74 Å². The van der Waals surface area contributed by atoms with Gasteiger partial charge in [0.25, 0.3) is 5.88 Å². The van der Waals surface area contributed by atoms with Crippen molar-refractivity contribution >= 4 is 11.7 Å². The van der Waals surface area contributed by atoms with Crippen LogP contribution in [-0.2, 0) is 11.2 Å². The van der Waals surface area contributed by atoms with Gasteiger partial charge in [-0.3, -0.25) is 9.78 Å². The number of rotatable bonds is 7. The molecule has 6 nitrogen and oxygen atoms in total. The summed E-state index contributed by atoms with van der Waals surface area (Å²) in [5, 5.41) is 9.54. The second kappa shape index (κ2) is 8.68. The summed E-state index contributed by atoms with van der Waals surface area (Å²) in [6.45, 7) is 9.90. The fourth-order valence-corrected chi connectivity index (χ4v) is 4.40. The van der Waals surface area contributed by atoms with E-state index < -0.39 is 11.8 Å². The minimum atomic E-state index is -0.909. The largest absolute Gasteiger partial charge is 0.481 e. The number of aliphatic carboxylic acids is 1. The van der Waals surface area contributed by atoms with Crippen LogP contribution in [0.3, 0.4) is 0 Å². The van der Waals surface area contributed by atoms with Crippen LogP contribution in [0.4, 0.5) is 10.1 Å². The lowest BCUT2D eigenvalue weighted by atomic mass is 9.82. The first-order chi connectivity index (χ1) is 15.1. The van der Waals surface area contributed by atoms with Gasteiger partial charge in [-0.25, -0.2) is 9.37 Å². The summed E-state index contributed by atoms with van der Waals surface area (Å²) in [5.41, 5.74) is 3.72. The molecule has 0 aromatic carbocycles. The molecule has 1 saturated carbocycles. The lowest BCUT2D eigenvalue weighted by Gasteiger charge is -2.40. The van der Waals surface area contributed by atoms with E-state index in [9.17, 15) is 14.3 Å². The molecule has 2 aromatic rings. The molecule has 1 unspecified atom stereocenters. The van der Waals surface area contributed by atoms with Gasteiger partial charge in [0.1, 0.15) is 6.10 Å². The van der Waals surface area contributed by atoms with E-state index in [0.29, 0.717) is 28.3 Å². The maximum Gasteiger partial charge on any atom is 0.307 e. The van der Waals surface area contributed by atoms with Gasteiger partial charge in [-0.05, 0) is 56.9 Å². The van der Waals surface area contributed by atoms with Crippen LogP contribution in [0, 0.1) is 24.1 Å². The minimum absolute atomic E-state index is 0.0141. The molecule has 32 heavy (non-hydrogen) atoms. The van der Waals surface area contributed by atoms with E-state index in [1.807, 2.05) is 13.8 Å². The highest BCUT2D eigenvalue weighted by Gasteiger charge is 2.31. The molecule has 1 atom stereocenters. The highest BCUT2D eigenvalue weighted by Crippen LogP contribution is 2.40. The summed E-state index contributed by atoms with van der Waals surface area (Å²) in [5.74, 6) is -0.931. The zero-order valence-electron chi connectivity index (χ0n) is 19.3. The van der Waals surface area contributed by atoms with Crippen molar-refractivity contribution in [2.24, 2.45) is 11.3 Å². The summed E-state index contributed by atoms with van der Waals surface area (Å²) < 4.78 is 20.7. The molecule has 1 aliphatic carbocycles. The van der Waals surface area contributed by atoms with Crippen LogP contribution >= 0.6 is 0 Å². The van der Waals surface area contributed by atoms with Crippen LogP contribution in [0.5, 0.6) is 5.88 Å². The fraction of sp³-hybridized carbons (Fsp3) is 0.560. The number of nitrogens with zero attached hydrogens (tertiary/aromatic N) is 3. The molecular weight excluding hydrogens is 409 g/mol. The smallest absolute Gasteiger partial charge is 0.307 e. The number of pyridine rings is 2. The molecule has 2 fully saturated rings. The lowest BCUT2D eigenvalue weighted by molar-refractivity contribution is -0.136. The number of aromatic nitrogens is 2. The van der Waals surface area contributed by atoms with Crippen molar-refractivity contribution in [3.63, 3.8) is 0 Å².